The van der Waals surface area contributed by atoms with Gasteiger partial charge in [-0.25, -0.2) is 0 Å². The van der Waals surface area contributed by atoms with E-state index in [9.17, 15) is 0 Å². The van der Waals surface area contributed by atoms with Crippen LogP contribution in [0, 0.1) is 0 Å². The molecule has 1 aliphatic rings. The van der Waals surface area contributed by atoms with Crippen molar-refractivity contribution in [3.05, 3.63) is 0 Å². The summed E-state index contributed by atoms with van der Waals surface area (Å²) in [4.78, 5) is 0. The molecule has 0 bridgehead atoms. The van der Waals surface area contributed by atoms with Gasteiger partial charge in [-0.05, 0) is 0 Å². The van der Waals surface area contributed by atoms with Crippen LogP contribution in [0.15, 0.2) is 0 Å². The van der Waals surface area contributed by atoms with Crippen LogP contribution in [0.1, 0.15) is 0 Å². The lowest BCUT2D eigenvalue weighted by Crippen LogP contribution is -1.91. The quantitative estimate of drug-likeness (QED) is 0.610. The Balaban J connectivity index is 2.00. The maximum absolute atomic E-state index is 2.11. The lowest BCUT2D eigenvalue weighted by molar-refractivity contribution is 1.49. The van der Waals surface area contributed by atoms with Gasteiger partial charge in [0.05, 0.1) is 0 Å². The molecule has 84 valence electrons. The molecule has 0 unspecified atom stereocenters. The molecule has 1 saturated heterocycles. The van der Waals surface area contributed by atoms with Crippen molar-refractivity contribution in [3.63, 3.8) is 0 Å². The second-order valence-corrected chi connectivity index (χ2v) is 10.4. The summed E-state index contributed by atoms with van der Waals surface area (Å²) in [5, 5.41) is 0. The van der Waals surface area contributed by atoms with Crippen LogP contribution in [-0.2, 0) is 0 Å². The van der Waals surface area contributed by atoms with Gasteiger partial charge in [-0.3, -0.25) is 0 Å². The fraction of sp³-hybridized carbons (Fsp3) is 1.00. The van der Waals surface area contributed by atoms with Gasteiger partial charge in [0.15, 0.2) is 0 Å². The third-order valence-electron chi connectivity index (χ3n) is 1.41. The summed E-state index contributed by atoms with van der Waals surface area (Å²) in [7, 11) is 8.20. The predicted octanol–water partition coefficient (Wildman–Crippen LogP) is 4.23. The van der Waals surface area contributed by atoms with Gasteiger partial charge in [0.1, 0.15) is 0 Å². The molecule has 0 amide bonds. The van der Waals surface area contributed by atoms with E-state index in [1.54, 1.807) is 0 Å². The molecule has 0 aliphatic carbocycles. The van der Waals surface area contributed by atoms with E-state index in [-0.39, 0.29) is 0 Å². The molecule has 1 fully saturated rings. The Morgan fingerprint density at radius 2 is 0.643 bits per heavy atom. The van der Waals surface area contributed by atoms with Crippen molar-refractivity contribution in [2.24, 2.45) is 0 Å². The average Bonchev–Trinajstić information content (AvgIpc) is 2.22. The predicted molar refractivity (Wildman–Crippen MR) is 84.5 cm³/mol. The lowest BCUT2D eigenvalue weighted by Gasteiger charge is -2.05. The molecule has 1 heterocycles. The Bertz CT molecular complexity index is 67.1. The summed E-state index contributed by atoms with van der Waals surface area (Å²) >= 11 is 4.21. The molecule has 14 heavy (non-hydrogen) atoms. The molecule has 0 atom stereocenters. The van der Waals surface area contributed by atoms with Crippen molar-refractivity contribution in [1.29, 1.82) is 0 Å². The first-order chi connectivity index (χ1) is 7.00. The van der Waals surface area contributed by atoms with Crippen molar-refractivity contribution in [3.8, 4) is 0 Å². The van der Waals surface area contributed by atoms with E-state index in [0.29, 0.717) is 0 Å². The topological polar surface area (TPSA) is 0 Å². The fourth-order valence-corrected chi connectivity index (χ4v) is 8.53. The zero-order valence-corrected chi connectivity index (χ0v) is 13.0. The van der Waals surface area contributed by atoms with Crippen LogP contribution in [0.2, 0.25) is 0 Å². The van der Waals surface area contributed by atoms with Gasteiger partial charge in [0.25, 0.3) is 0 Å². The van der Waals surface area contributed by atoms with Gasteiger partial charge in [-0.15, -0.1) is 0 Å². The van der Waals surface area contributed by atoms with Crippen molar-refractivity contribution in [2.75, 3.05) is 46.0 Å². The van der Waals surface area contributed by atoms with Crippen LogP contribution in [0.3, 0.4) is 0 Å². The fourth-order valence-electron chi connectivity index (χ4n) is 0.812. The molecule has 0 spiro atoms. The van der Waals surface area contributed by atoms with Gasteiger partial charge < -0.3 is 0 Å². The molecule has 6 heteroatoms. The summed E-state index contributed by atoms with van der Waals surface area (Å²) in [6, 6.07) is 0. The molecule has 0 radical (unpaired) electrons. The molecule has 1 aliphatic heterocycles. The standard InChI is InChI=1S/C8H16S6/c1-5-11-12-7-3-10-4-8-14-13-6-2-9-1/h1-8H2. The number of rotatable bonds is 0. The Hall–Kier alpha value is 2.10. The van der Waals surface area contributed by atoms with Gasteiger partial charge >= 0.3 is 0 Å². The number of hydrogen-bond acceptors (Lipinski definition) is 6. The molecule has 1 rings (SSSR count). The second kappa shape index (κ2) is 11.6. The van der Waals surface area contributed by atoms with Gasteiger partial charge in [0, 0.05) is 46.0 Å². The molecular formula is C8H16S6. The summed E-state index contributed by atoms with van der Waals surface area (Å²) in [5.74, 6) is 10.6. The molecule has 0 aromatic rings. The molecule has 0 saturated carbocycles. The number of thioether (sulfide) groups is 2. The van der Waals surface area contributed by atoms with E-state index in [2.05, 4.69) is 66.7 Å². The van der Waals surface area contributed by atoms with E-state index in [1.165, 1.54) is 46.0 Å². The minimum Gasteiger partial charge on any atom is -0.160 e. The van der Waals surface area contributed by atoms with Crippen LogP contribution >= 0.6 is 66.7 Å². The Labute approximate surface area is 112 Å². The second-order valence-electron chi connectivity index (χ2n) is 2.51. The Kier molecular flexibility index (Phi) is 11.7. The summed E-state index contributed by atoms with van der Waals surface area (Å²) < 4.78 is 0. The van der Waals surface area contributed by atoms with E-state index in [0.717, 1.165) is 0 Å². The molecule has 0 N–H and O–H groups in total. The van der Waals surface area contributed by atoms with E-state index in [4.69, 9.17) is 0 Å². The SMILES string of the molecule is C1CSSCCSCCSSCCS1. The normalized spacial score (nSPS) is 24.0. The van der Waals surface area contributed by atoms with Gasteiger partial charge in [-0.2, -0.15) is 23.5 Å². The highest BCUT2D eigenvalue weighted by Crippen LogP contribution is 2.27. The van der Waals surface area contributed by atoms with Crippen LogP contribution < -0.4 is 0 Å². The van der Waals surface area contributed by atoms with Crippen LogP contribution in [-0.4, -0.2) is 46.0 Å². The van der Waals surface area contributed by atoms with Crippen molar-refractivity contribution >= 4 is 66.7 Å². The summed E-state index contributed by atoms with van der Waals surface area (Å²) in [6.07, 6.45) is 0. The summed E-state index contributed by atoms with van der Waals surface area (Å²) in [5.41, 5.74) is 0. The first-order valence-corrected chi connectivity index (χ1v) is 11.9. The van der Waals surface area contributed by atoms with Crippen molar-refractivity contribution < 1.29 is 0 Å². The highest BCUT2D eigenvalue weighted by atomic mass is 33.1. The average molecular weight is 305 g/mol. The zero-order valence-electron chi connectivity index (χ0n) is 8.11. The zero-order chi connectivity index (χ0) is 9.90. The Morgan fingerprint density at radius 3 is 0.929 bits per heavy atom. The van der Waals surface area contributed by atoms with Crippen LogP contribution in [0.4, 0.5) is 0 Å². The number of hydrogen-bond donors (Lipinski definition) is 0. The molecule has 0 nitrogen and oxygen atoms in total. The maximum atomic E-state index is 2.11. The smallest absolute Gasteiger partial charge is 0.0128 e. The summed E-state index contributed by atoms with van der Waals surface area (Å²) in [6.45, 7) is 0. The molecule has 0 aromatic heterocycles. The minimum absolute atomic E-state index is 1.32. The highest BCUT2D eigenvalue weighted by Gasteiger charge is 1.97. The Morgan fingerprint density at radius 1 is 0.357 bits per heavy atom. The van der Waals surface area contributed by atoms with E-state index >= 15 is 0 Å². The van der Waals surface area contributed by atoms with Gasteiger partial charge in [0.2, 0.25) is 0 Å². The first kappa shape index (κ1) is 14.2. The van der Waals surface area contributed by atoms with E-state index in [1.807, 2.05) is 0 Å². The van der Waals surface area contributed by atoms with Gasteiger partial charge in [-0.1, -0.05) is 43.2 Å². The first-order valence-electron chi connectivity index (χ1n) is 4.64. The van der Waals surface area contributed by atoms with Crippen molar-refractivity contribution in [1.82, 2.24) is 0 Å². The highest BCUT2D eigenvalue weighted by molar-refractivity contribution is 8.77. The minimum atomic E-state index is 1.32. The largest absolute Gasteiger partial charge is 0.160 e. The third-order valence-corrected chi connectivity index (χ3v) is 9.23. The monoisotopic (exact) mass is 304 g/mol. The van der Waals surface area contributed by atoms with Crippen LogP contribution in [0.5, 0.6) is 0 Å². The van der Waals surface area contributed by atoms with Crippen molar-refractivity contribution in [2.45, 2.75) is 0 Å². The van der Waals surface area contributed by atoms with E-state index < -0.39 is 0 Å². The van der Waals surface area contributed by atoms with Crippen LogP contribution in [0.25, 0.3) is 0 Å². The third kappa shape index (κ3) is 9.33. The molecule has 0 aromatic carbocycles. The lowest BCUT2D eigenvalue weighted by atomic mass is 10.9. The maximum Gasteiger partial charge on any atom is 0.0128 e. The molecular weight excluding hydrogens is 288 g/mol.